The van der Waals surface area contributed by atoms with E-state index in [-0.39, 0.29) is 5.82 Å². The molecule has 0 saturated heterocycles. The first-order valence-electron chi connectivity index (χ1n) is 9.88. The first-order valence-corrected chi connectivity index (χ1v) is 9.88. The number of rotatable bonds is 4. The van der Waals surface area contributed by atoms with E-state index in [0.29, 0.717) is 28.7 Å². The Kier molecular flexibility index (Phi) is 5.71. The Balaban J connectivity index is 1.52. The molecule has 1 aliphatic rings. The number of halogens is 3. The lowest BCUT2D eigenvalue weighted by molar-refractivity contribution is 0.487. The second kappa shape index (κ2) is 8.58. The molecule has 0 aromatic heterocycles. The molecule has 1 atom stereocenters. The molecule has 0 aliphatic heterocycles. The second-order valence-corrected chi connectivity index (χ2v) is 7.46. The third-order valence-electron chi connectivity index (χ3n) is 5.34. The molecule has 0 bridgehead atoms. The quantitative estimate of drug-likeness (QED) is 0.388. The van der Waals surface area contributed by atoms with Crippen LogP contribution in [-0.4, -0.2) is 0 Å². The van der Waals surface area contributed by atoms with Crippen LogP contribution in [-0.2, 0) is 0 Å². The molecule has 0 N–H and O–H groups in total. The van der Waals surface area contributed by atoms with E-state index in [0.717, 1.165) is 11.1 Å². The minimum atomic E-state index is -0.795. The zero-order chi connectivity index (χ0) is 21.1. The van der Waals surface area contributed by atoms with Crippen molar-refractivity contribution in [3.8, 4) is 0 Å². The van der Waals surface area contributed by atoms with Crippen LogP contribution in [0.2, 0.25) is 0 Å². The van der Waals surface area contributed by atoms with Crippen molar-refractivity contribution in [3.05, 3.63) is 124 Å². The van der Waals surface area contributed by atoms with E-state index in [9.17, 15) is 13.2 Å². The van der Waals surface area contributed by atoms with Crippen LogP contribution < -0.4 is 0 Å². The molecule has 1 aliphatic carbocycles. The lowest BCUT2D eigenvalue weighted by Crippen LogP contribution is -2.06. The van der Waals surface area contributed by atoms with Gasteiger partial charge in [0.05, 0.1) is 0 Å². The molecule has 0 saturated carbocycles. The summed E-state index contributed by atoms with van der Waals surface area (Å²) in [6.07, 6.45) is 5.66. The van der Waals surface area contributed by atoms with Crippen molar-refractivity contribution in [2.45, 2.75) is 19.3 Å². The van der Waals surface area contributed by atoms with Crippen LogP contribution in [0.15, 0.2) is 90.5 Å². The highest BCUT2D eigenvalue weighted by Crippen LogP contribution is 2.41. The highest BCUT2D eigenvalue weighted by Gasteiger charge is 2.27. The summed E-state index contributed by atoms with van der Waals surface area (Å²) >= 11 is 0. The highest BCUT2D eigenvalue weighted by atomic mass is 19.2. The zero-order valence-corrected chi connectivity index (χ0v) is 16.6. The molecule has 0 nitrogen and oxygen atoms in total. The first-order chi connectivity index (χ1) is 14.5. The lowest BCUT2D eigenvalue weighted by Gasteiger charge is -2.21. The fourth-order valence-electron chi connectivity index (χ4n) is 3.65. The maximum atomic E-state index is 14.8. The molecule has 4 rings (SSSR count). The fourth-order valence-corrected chi connectivity index (χ4v) is 3.65. The van der Waals surface area contributed by atoms with Crippen LogP contribution in [0.4, 0.5) is 13.2 Å². The molecule has 0 spiro atoms. The Bertz CT molecular complexity index is 1140. The van der Waals surface area contributed by atoms with Gasteiger partial charge >= 0.3 is 0 Å². The Morgan fingerprint density at radius 3 is 2.27 bits per heavy atom. The molecule has 3 heteroatoms. The molecule has 150 valence electrons. The molecule has 0 heterocycles. The zero-order valence-electron chi connectivity index (χ0n) is 16.6. The van der Waals surface area contributed by atoms with Crippen molar-refractivity contribution >= 4 is 17.7 Å². The third kappa shape index (κ3) is 4.16. The summed E-state index contributed by atoms with van der Waals surface area (Å²) in [5, 5.41) is 0. The number of benzene rings is 3. The third-order valence-corrected chi connectivity index (χ3v) is 5.34. The SMILES string of the molecule is Cc1ccc(/C=C/c2ccc(C3CC=C(c4ccccc4)C(F)=C3F)cc2)c(F)c1. The Morgan fingerprint density at radius 1 is 0.833 bits per heavy atom. The van der Waals surface area contributed by atoms with E-state index in [4.69, 9.17) is 0 Å². The van der Waals surface area contributed by atoms with Gasteiger partial charge in [0.1, 0.15) is 11.6 Å². The Hall–Kier alpha value is -3.33. The van der Waals surface area contributed by atoms with E-state index in [1.54, 1.807) is 48.6 Å². The van der Waals surface area contributed by atoms with Crippen molar-refractivity contribution in [1.82, 2.24) is 0 Å². The van der Waals surface area contributed by atoms with E-state index in [1.807, 2.05) is 43.3 Å². The Labute approximate surface area is 174 Å². The van der Waals surface area contributed by atoms with Gasteiger partial charge in [0.15, 0.2) is 5.83 Å². The summed E-state index contributed by atoms with van der Waals surface area (Å²) in [6, 6.07) is 21.3. The lowest BCUT2D eigenvalue weighted by atomic mass is 9.86. The van der Waals surface area contributed by atoms with Crippen LogP contribution in [0.25, 0.3) is 17.7 Å². The van der Waals surface area contributed by atoms with E-state index < -0.39 is 17.6 Å². The molecule has 1 unspecified atom stereocenters. The predicted molar refractivity (Wildman–Crippen MR) is 118 cm³/mol. The smallest absolute Gasteiger partial charge is 0.162 e. The van der Waals surface area contributed by atoms with Crippen LogP contribution in [0.1, 0.15) is 40.2 Å². The maximum absolute atomic E-state index is 14.8. The van der Waals surface area contributed by atoms with Gasteiger partial charge in [-0.15, -0.1) is 0 Å². The van der Waals surface area contributed by atoms with Gasteiger partial charge in [0.2, 0.25) is 0 Å². The summed E-state index contributed by atoms with van der Waals surface area (Å²) < 4.78 is 43.5. The maximum Gasteiger partial charge on any atom is 0.162 e. The molecular weight excluding hydrogens is 381 g/mol. The summed E-state index contributed by atoms with van der Waals surface area (Å²) in [5.41, 5.74) is 3.93. The average Bonchev–Trinajstić information content (AvgIpc) is 2.76. The summed E-state index contributed by atoms with van der Waals surface area (Å²) in [6.45, 7) is 1.84. The molecule has 30 heavy (non-hydrogen) atoms. The number of hydrogen-bond acceptors (Lipinski definition) is 0. The molecule has 0 amide bonds. The van der Waals surface area contributed by atoms with E-state index in [1.165, 1.54) is 6.07 Å². The predicted octanol–water partition coefficient (Wildman–Crippen LogP) is 8.03. The topological polar surface area (TPSA) is 0 Å². The molecule has 3 aromatic rings. The minimum absolute atomic E-state index is 0.270. The van der Waals surface area contributed by atoms with Crippen LogP contribution in [0.3, 0.4) is 0 Å². The van der Waals surface area contributed by atoms with Crippen molar-refractivity contribution in [2.75, 3.05) is 0 Å². The first kappa shape index (κ1) is 20.0. The average molecular weight is 402 g/mol. The Morgan fingerprint density at radius 2 is 1.57 bits per heavy atom. The number of hydrogen-bond donors (Lipinski definition) is 0. The molecule has 0 radical (unpaired) electrons. The largest absolute Gasteiger partial charge is 0.208 e. The van der Waals surface area contributed by atoms with Gasteiger partial charge in [0.25, 0.3) is 0 Å². The van der Waals surface area contributed by atoms with Gasteiger partial charge in [-0.05, 0) is 41.7 Å². The normalized spacial score (nSPS) is 16.8. The fraction of sp³-hybridized carbons (Fsp3) is 0.111. The molecule has 3 aromatic carbocycles. The summed E-state index contributed by atoms with van der Waals surface area (Å²) in [4.78, 5) is 0. The molecular formula is C27H21F3. The van der Waals surface area contributed by atoms with Crippen LogP contribution in [0, 0.1) is 12.7 Å². The number of allylic oxidation sites excluding steroid dienone is 4. The van der Waals surface area contributed by atoms with Gasteiger partial charge in [-0.2, -0.15) is 0 Å². The van der Waals surface area contributed by atoms with Gasteiger partial charge < -0.3 is 0 Å². The highest BCUT2D eigenvalue weighted by molar-refractivity contribution is 5.79. The van der Waals surface area contributed by atoms with E-state index in [2.05, 4.69) is 0 Å². The monoisotopic (exact) mass is 402 g/mol. The number of aryl methyl sites for hydroxylation is 1. The van der Waals surface area contributed by atoms with Crippen LogP contribution in [0.5, 0.6) is 0 Å². The van der Waals surface area contributed by atoms with Crippen molar-refractivity contribution < 1.29 is 13.2 Å². The van der Waals surface area contributed by atoms with Gasteiger partial charge in [-0.25, -0.2) is 13.2 Å². The second-order valence-electron chi connectivity index (χ2n) is 7.46. The van der Waals surface area contributed by atoms with E-state index >= 15 is 0 Å². The molecule has 0 fully saturated rings. The van der Waals surface area contributed by atoms with Gasteiger partial charge in [-0.3, -0.25) is 0 Å². The van der Waals surface area contributed by atoms with Gasteiger partial charge in [-0.1, -0.05) is 85.0 Å². The standard InChI is InChI=1S/C27H21F3/c1-18-7-11-22(25(28)17-18)14-10-19-8-12-21(13-9-19)24-16-15-23(26(29)27(24)30)20-5-3-2-4-6-20/h2-15,17,24H,16H2,1H3/b14-10+. The summed E-state index contributed by atoms with van der Waals surface area (Å²) in [5.74, 6) is -2.43. The van der Waals surface area contributed by atoms with Crippen molar-refractivity contribution in [2.24, 2.45) is 0 Å². The summed E-state index contributed by atoms with van der Waals surface area (Å²) in [7, 11) is 0. The van der Waals surface area contributed by atoms with Gasteiger partial charge in [0, 0.05) is 17.1 Å². The van der Waals surface area contributed by atoms with Crippen molar-refractivity contribution in [1.29, 1.82) is 0 Å². The minimum Gasteiger partial charge on any atom is -0.208 e. The van der Waals surface area contributed by atoms with Crippen molar-refractivity contribution in [3.63, 3.8) is 0 Å². The van der Waals surface area contributed by atoms with Crippen LogP contribution >= 0.6 is 0 Å².